The minimum Gasteiger partial charge on any atom is -0.494 e. The summed E-state index contributed by atoms with van der Waals surface area (Å²) in [6.45, 7) is 5.10. The van der Waals surface area contributed by atoms with Crippen LogP contribution < -0.4 is 9.47 Å². The standard InChI is InChI=1S/C28H32N2O5/c1-3-34-22-12-8-19(9-13-22)18-21-6-5-7-24-27(21)29-30(25(31)16-17-26(32)33)28(24)20-10-14-23(15-11-20)35-4-2/h8-15,18,24,28H,3-7,16-17H2,1-2H3,(H,32,33)/b21-18-/t24-,28-/m0/s1. The molecule has 7 heteroatoms. The Bertz CT molecular complexity index is 1110. The third-order valence-corrected chi connectivity index (χ3v) is 6.37. The number of rotatable bonds is 9. The summed E-state index contributed by atoms with van der Waals surface area (Å²) in [6, 6.07) is 15.5. The van der Waals surface area contributed by atoms with Crippen molar-refractivity contribution in [3.63, 3.8) is 0 Å². The van der Waals surface area contributed by atoms with Gasteiger partial charge in [0, 0.05) is 12.3 Å². The van der Waals surface area contributed by atoms with E-state index >= 15 is 0 Å². The highest BCUT2D eigenvalue weighted by Crippen LogP contribution is 2.45. The third-order valence-electron chi connectivity index (χ3n) is 6.37. The van der Waals surface area contributed by atoms with Gasteiger partial charge in [0.05, 0.1) is 31.4 Å². The van der Waals surface area contributed by atoms with Crippen molar-refractivity contribution < 1.29 is 24.2 Å². The Morgan fingerprint density at radius 1 is 1.00 bits per heavy atom. The monoisotopic (exact) mass is 476 g/mol. The van der Waals surface area contributed by atoms with Crippen LogP contribution in [-0.2, 0) is 9.59 Å². The number of hydrogen-bond acceptors (Lipinski definition) is 5. The molecular formula is C28H32N2O5. The highest BCUT2D eigenvalue weighted by atomic mass is 16.5. The predicted molar refractivity (Wildman–Crippen MR) is 134 cm³/mol. The van der Waals surface area contributed by atoms with Crippen LogP contribution in [0.4, 0.5) is 0 Å². The van der Waals surface area contributed by atoms with E-state index in [1.54, 1.807) is 0 Å². The van der Waals surface area contributed by atoms with E-state index in [0.29, 0.717) is 13.2 Å². The number of carboxylic acids is 1. The maximum absolute atomic E-state index is 13.1. The van der Waals surface area contributed by atoms with Crippen LogP contribution in [0.3, 0.4) is 0 Å². The van der Waals surface area contributed by atoms with Gasteiger partial charge in [-0.15, -0.1) is 0 Å². The minimum atomic E-state index is -0.990. The fraction of sp³-hybridized carbons (Fsp3) is 0.393. The van der Waals surface area contributed by atoms with Crippen molar-refractivity contribution in [1.29, 1.82) is 0 Å². The number of benzene rings is 2. The van der Waals surface area contributed by atoms with E-state index in [1.807, 2.05) is 62.4 Å². The minimum absolute atomic E-state index is 0.0596. The average molecular weight is 477 g/mol. The van der Waals surface area contributed by atoms with Crippen molar-refractivity contribution in [2.24, 2.45) is 11.0 Å². The number of amides is 1. The fourth-order valence-electron chi connectivity index (χ4n) is 4.82. The first kappa shape index (κ1) is 24.5. The van der Waals surface area contributed by atoms with Crippen LogP contribution in [0.25, 0.3) is 6.08 Å². The first-order valence-corrected chi connectivity index (χ1v) is 12.3. The zero-order chi connectivity index (χ0) is 24.8. The quantitative estimate of drug-likeness (QED) is 0.518. The van der Waals surface area contributed by atoms with Crippen molar-refractivity contribution in [2.45, 2.75) is 52.0 Å². The van der Waals surface area contributed by atoms with Gasteiger partial charge in [0.15, 0.2) is 0 Å². The molecule has 0 bridgehead atoms. The lowest BCUT2D eigenvalue weighted by Gasteiger charge is -2.29. The molecule has 2 atom stereocenters. The molecule has 1 aliphatic heterocycles. The summed E-state index contributed by atoms with van der Waals surface area (Å²) >= 11 is 0. The molecule has 0 radical (unpaired) electrons. The second-order valence-electron chi connectivity index (χ2n) is 8.73. The molecule has 2 aromatic carbocycles. The Morgan fingerprint density at radius 2 is 1.63 bits per heavy atom. The van der Waals surface area contributed by atoms with Crippen molar-refractivity contribution in [3.8, 4) is 11.5 Å². The molecule has 0 spiro atoms. The van der Waals surface area contributed by atoms with Gasteiger partial charge in [-0.25, -0.2) is 5.01 Å². The summed E-state index contributed by atoms with van der Waals surface area (Å²) < 4.78 is 11.1. The molecule has 1 heterocycles. The molecule has 0 unspecified atom stereocenters. The van der Waals surface area contributed by atoms with E-state index in [-0.39, 0.29) is 30.7 Å². The number of carbonyl (C=O) groups is 2. The normalized spacial score (nSPS) is 20.3. The molecule has 1 amide bonds. The maximum Gasteiger partial charge on any atom is 0.303 e. The molecule has 35 heavy (non-hydrogen) atoms. The van der Waals surface area contributed by atoms with Gasteiger partial charge in [-0.3, -0.25) is 9.59 Å². The molecule has 1 fully saturated rings. The molecular weight excluding hydrogens is 444 g/mol. The second kappa shape index (κ2) is 11.2. The van der Waals surface area contributed by atoms with Gasteiger partial charge >= 0.3 is 5.97 Å². The molecule has 1 saturated carbocycles. The van der Waals surface area contributed by atoms with E-state index in [4.69, 9.17) is 19.7 Å². The molecule has 0 aromatic heterocycles. The van der Waals surface area contributed by atoms with E-state index < -0.39 is 5.97 Å². The molecule has 2 aromatic rings. The Labute approximate surface area is 206 Å². The third kappa shape index (κ3) is 5.73. The van der Waals surface area contributed by atoms with Crippen LogP contribution in [-0.4, -0.2) is 40.9 Å². The van der Waals surface area contributed by atoms with Gasteiger partial charge in [-0.2, -0.15) is 5.10 Å². The lowest BCUT2D eigenvalue weighted by Crippen LogP contribution is -2.32. The molecule has 7 nitrogen and oxygen atoms in total. The Balaban J connectivity index is 1.66. The van der Waals surface area contributed by atoms with Crippen LogP contribution in [0.1, 0.15) is 63.1 Å². The Hall–Kier alpha value is -3.61. The summed E-state index contributed by atoms with van der Waals surface area (Å²) in [7, 11) is 0. The molecule has 1 N–H and O–H groups in total. The van der Waals surface area contributed by atoms with Gasteiger partial charge in [0.2, 0.25) is 5.91 Å². The second-order valence-corrected chi connectivity index (χ2v) is 8.73. The first-order chi connectivity index (χ1) is 17.0. The lowest BCUT2D eigenvalue weighted by atomic mass is 9.77. The number of carboxylic acid groups (broad SMARTS) is 1. The summed E-state index contributed by atoms with van der Waals surface area (Å²) in [5.74, 6) is 0.411. The van der Waals surface area contributed by atoms with E-state index in [0.717, 1.165) is 53.2 Å². The van der Waals surface area contributed by atoms with Crippen molar-refractivity contribution in [1.82, 2.24) is 5.01 Å². The first-order valence-electron chi connectivity index (χ1n) is 12.3. The van der Waals surface area contributed by atoms with Gasteiger partial charge in [0.1, 0.15) is 11.5 Å². The number of hydrogen-bond donors (Lipinski definition) is 1. The van der Waals surface area contributed by atoms with Crippen LogP contribution in [0.15, 0.2) is 59.2 Å². The van der Waals surface area contributed by atoms with Crippen molar-refractivity contribution in [2.75, 3.05) is 13.2 Å². The van der Waals surface area contributed by atoms with Crippen LogP contribution >= 0.6 is 0 Å². The van der Waals surface area contributed by atoms with E-state index in [1.165, 1.54) is 5.01 Å². The molecule has 0 saturated heterocycles. The fourth-order valence-corrected chi connectivity index (χ4v) is 4.82. The molecule has 2 aliphatic rings. The Kier molecular flexibility index (Phi) is 7.85. The zero-order valence-corrected chi connectivity index (χ0v) is 20.3. The largest absolute Gasteiger partial charge is 0.494 e. The van der Waals surface area contributed by atoms with E-state index in [9.17, 15) is 9.59 Å². The van der Waals surface area contributed by atoms with Crippen LogP contribution in [0, 0.1) is 5.92 Å². The summed E-state index contributed by atoms with van der Waals surface area (Å²) in [5, 5.41) is 15.4. The van der Waals surface area contributed by atoms with Crippen LogP contribution in [0.2, 0.25) is 0 Å². The number of hydrazone groups is 1. The van der Waals surface area contributed by atoms with Crippen molar-refractivity contribution >= 4 is 23.7 Å². The SMILES string of the molecule is CCOc1ccc(/C=C2/CCC[C@H]3C2=NN(C(=O)CCC(=O)O)[C@H]3c2ccc(OCC)cc2)cc1. The smallest absolute Gasteiger partial charge is 0.303 e. The maximum atomic E-state index is 13.1. The van der Waals surface area contributed by atoms with Gasteiger partial charge in [-0.05, 0) is 80.2 Å². The average Bonchev–Trinajstić information content (AvgIpc) is 3.25. The van der Waals surface area contributed by atoms with Crippen LogP contribution in [0.5, 0.6) is 11.5 Å². The predicted octanol–water partition coefficient (Wildman–Crippen LogP) is 5.47. The summed E-state index contributed by atoms with van der Waals surface area (Å²) in [4.78, 5) is 24.2. The topological polar surface area (TPSA) is 88.4 Å². The van der Waals surface area contributed by atoms with Gasteiger partial charge in [0.25, 0.3) is 0 Å². The number of ether oxygens (including phenoxy) is 2. The Morgan fingerprint density at radius 3 is 2.23 bits per heavy atom. The van der Waals surface area contributed by atoms with E-state index in [2.05, 4.69) is 6.08 Å². The number of nitrogens with zero attached hydrogens (tertiary/aromatic N) is 2. The van der Waals surface area contributed by atoms with Gasteiger partial charge in [-0.1, -0.05) is 24.3 Å². The molecule has 4 rings (SSSR count). The number of carbonyl (C=O) groups excluding carboxylic acids is 1. The number of aliphatic carboxylic acids is 1. The molecule has 184 valence electrons. The highest BCUT2D eigenvalue weighted by Gasteiger charge is 2.43. The van der Waals surface area contributed by atoms with Crippen molar-refractivity contribution in [3.05, 3.63) is 65.2 Å². The number of fused-ring (bicyclic) bond motifs is 1. The lowest BCUT2D eigenvalue weighted by molar-refractivity contribution is -0.141. The molecule has 1 aliphatic carbocycles. The zero-order valence-electron chi connectivity index (χ0n) is 20.3. The summed E-state index contributed by atoms with van der Waals surface area (Å²) in [6.07, 6.45) is 4.65. The summed E-state index contributed by atoms with van der Waals surface area (Å²) in [5.41, 5.74) is 4.07. The highest BCUT2D eigenvalue weighted by molar-refractivity contribution is 6.08. The van der Waals surface area contributed by atoms with Gasteiger partial charge < -0.3 is 14.6 Å². The number of allylic oxidation sites excluding steroid dienone is 1.